The number of halogens is 2. The van der Waals surface area contributed by atoms with E-state index in [4.69, 9.17) is 28.0 Å². The number of urea groups is 1. The number of benzene rings is 2. The quantitative estimate of drug-likeness (QED) is 0.783. The molecule has 0 bridgehead atoms. The molecule has 0 saturated heterocycles. The van der Waals surface area contributed by atoms with E-state index in [0.717, 1.165) is 5.06 Å². The molecule has 0 spiro atoms. The number of hydrogen-bond donors (Lipinski definition) is 2. The molecule has 2 aromatic rings. The first-order valence-electron chi connectivity index (χ1n) is 6.92. The minimum atomic E-state index is -0.562. The van der Waals surface area contributed by atoms with E-state index < -0.39 is 11.9 Å². The molecular formula is C16H15Cl2N3O3. The molecule has 0 fully saturated rings. The zero-order valence-corrected chi connectivity index (χ0v) is 14.3. The molecule has 2 rings (SSSR count). The number of hydroxylamine groups is 2. The molecule has 0 radical (unpaired) electrons. The summed E-state index contributed by atoms with van der Waals surface area (Å²) in [5, 5.41) is 6.84. The summed E-state index contributed by atoms with van der Waals surface area (Å²) in [5.41, 5.74) is 1.06. The van der Waals surface area contributed by atoms with Crippen molar-refractivity contribution < 1.29 is 14.4 Å². The molecule has 0 aliphatic rings. The van der Waals surface area contributed by atoms with Crippen molar-refractivity contribution in [2.24, 2.45) is 0 Å². The van der Waals surface area contributed by atoms with Crippen LogP contribution in [0.5, 0.6) is 0 Å². The summed E-state index contributed by atoms with van der Waals surface area (Å²) in [6.07, 6.45) is 0. The largest absolute Gasteiger partial charge is 0.346 e. The number of nitrogens with zero attached hydrogens (tertiary/aromatic N) is 1. The van der Waals surface area contributed by atoms with Crippen LogP contribution < -0.4 is 10.6 Å². The second-order valence-electron chi connectivity index (χ2n) is 4.69. The van der Waals surface area contributed by atoms with Gasteiger partial charge in [-0.05, 0) is 30.3 Å². The first kappa shape index (κ1) is 18.1. The zero-order chi connectivity index (χ0) is 17.5. The number of carbonyl (C=O) groups is 2. The van der Waals surface area contributed by atoms with E-state index in [1.165, 1.54) is 13.2 Å². The molecule has 0 aliphatic heterocycles. The minimum Gasteiger partial charge on any atom is -0.324 e. The fraction of sp³-hybridized carbons (Fsp3) is 0.125. The fourth-order valence-electron chi connectivity index (χ4n) is 1.83. The topological polar surface area (TPSA) is 70.7 Å². The van der Waals surface area contributed by atoms with Gasteiger partial charge in [-0.1, -0.05) is 41.4 Å². The maximum Gasteiger partial charge on any atom is 0.346 e. The Morgan fingerprint density at radius 1 is 1.00 bits per heavy atom. The molecule has 0 unspecified atom stereocenters. The average molecular weight is 368 g/mol. The van der Waals surface area contributed by atoms with Crippen LogP contribution in [0.2, 0.25) is 10.0 Å². The summed E-state index contributed by atoms with van der Waals surface area (Å²) in [7, 11) is 1.30. The van der Waals surface area contributed by atoms with Crippen LogP contribution in [0.15, 0.2) is 48.5 Å². The van der Waals surface area contributed by atoms with Gasteiger partial charge in [0.2, 0.25) is 5.91 Å². The number of para-hydroxylation sites is 1. The van der Waals surface area contributed by atoms with Crippen LogP contribution in [-0.2, 0) is 9.63 Å². The predicted octanol–water partition coefficient (Wildman–Crippen LogP) is 4.03. The molecular weight excluding hydrogens is 353 g/mol. The van der Waals surface area contributed by atoms with Crippen molar-refractivity contribution in [2.75, 3.05) is 24.3 Å². The molecule has 8 heteroatoms. The molecule has 6 nitrogen and oxygen atoms in total. The molecule has 0 aliphatic carbocycles. The van der Waals surface area contributed by atoms with Gasteiger partial charge in [-0.2, -0.15) is 5.06 Å². The van der Waals surface area contributed by atoms with Gasteiger partial charge in [-0.25, -0.2) is 4.79 Å². The van der Waals surface area contributed by atoms with Gasteiger partial charge in [-0.3, -0.25) is 9.63 Å². The van der Waals surface area contributed by atoms with Crippen LogP contribution >= 0.6 is 23.2 Å². The van der Waals surface area contributed by atoms with Gasteiger partial charge in [0.25, 0.3) is 0 Å². The number of hydrogen-bond acceptors (Lipinski definition) is 3. The zero-order valence-electron chi connectivity index (χ0n) is 12.8. The Bertz CT molecular complexity index is 726. The first-order valence-corrected chi connectivity index (χ1v) is 7.68. The Hall–Kier alpha value is -2.28. The van der Waals surface area contributed by atoms with Crippen molar-refractivity contribution in [1.82, 2.24) is 5.06 Å². The molecule has 126 valence electrons. The molecule has 3 amide bonds. The first-order chi connectivity index (χ1) is 11.5. The van der Waals surface area contributed by atoms with Gasteiger partial charge < -0.3 is 10.6 Å². The highest BCUT2D eigenvalue weighted by atomic mass is 35.5. The van der Waals surface area contributed by atoms with Crippen LogP contribution in [-0.4, -0.2) is 30.7 Å². The van der Waals surface area contributed by atoms with E-state index in [2.05, 4.69) is 10.6 Å². The lowest BCUT2D eigenvalue weighted by atomic mass is 10.3. The van der Waals surface area contributed by atoms with Crippen LogP contribution in [0, 0.1) is 0 Å². The van der Waals surface area contributed by atoms with Crippen LogP contribution in [0.1, 0.15) is 0 Å². The Morgan fingerprint density at radius 3 is 2.33 bits per heavy atom. The maximum atomic E-state index is 12.1. The van der Waals surface area contributed by atoms with Crippen molar-refractivity contribution in [2.45, 2.75) is 0 Å². The van der Waals surface area contributed by atoms with Gasteiger partial charge in [0.15, 0.2) is 0 Å². The summed E-state index contributed by atoms with van der Waals surface area (Å²) < 4.78 is 0. The SMILES string of the molecule is CON(CC(=O)Nc1ccc(Cl)c(Cl)c1)C(=O)Nc1ccccc1. The summed E-state index contributed by atoms with van der Waals surface area (Å²) in [6, 6.07) is 13.0. The van der Waals surface area contributed by atoms with Crippen molar-refractivity contribution in [3.63, 3.8) is 0 Å². The third-order valence-electron chi connectivity index (χ3n) is 2.96. The number of nitrogens with one attached hydrogen (secondary N) is 2. The van der Waals surface area contributed by atoms with E-state index in [1.54, 1.807) is 36.4 Å². The number of anilines is 2. The maximum absolute atomic E-state index is 12.1. The Kier molecular flexibility index (Phi) is 6.43. The number of rotatable bonds is 5. The lowest BCUT2D eigenvalue weighted by Gasteiger charge is -2.19. The molecule has 0 heterocycles. The molecule has 0 aromatic heterocycles. The molecule has 0 saturated carbocycles. The van der Waals surface area contributed by atoms with Crippen molar-refractivity contribution in [1.29, 1.82) is 0 Å². The minimum absolute atomic E-state index is 0.296. The van der Waals surface area contributed by atoms with Crippen molar-refractivity contribution >= 4 is 46.5 Å². The molecule has 24 heavy (non-hydrogen) atoms. The summed E-state index contributed by atoms with van der Waals surface area (Å²) >= 11 is 11.7. The van der Waals surface area contributed by atoms with Crippen LogP contribution in [0.25, 0.3) is 0 Å². The summed E-state index contributed by atoms with van der Waals surface area (Å²) in [4.78, 5) is 29.1. The van der Waals surface area contributed by atoms with Gasteiger partial charge in [-0.15, -0.1) is 0 Å². The van der Waals surface area contributed by atoms with Gasteiger partial charge in [0.05, 0.1) is 17.2 Å². The summed E-state index contributed by atoms with van der Waals surface area (Å²) in [6.45, 7) is -0.296. The van der Waals surface area contributed by atoms with Crippen molar-refractivity contribution in [3.8, 4) is 0 Å². The predicted molar refractivity (Wildman–Crippen MR) is 94.3 cm³/mol. The highest BCUT2D eigenvalue weighted by Gasteiger charge is 2.17. The Labute approximate surface area is 149 Å². The second kappa shape index (κ2) is 8.54. The van der Waals surface area contributed by atoms with Crippen LogP contribution in [0.4, 0.5) is 16.2 Å². The standard InChI is InChI=1S/C16H15Cl2N3O3/c1-24-21(16(23)20-11-5-3-2-4-6-11)10-15(22)19-12-7-8-13(17)14(18)9-12/h2-9H,10H2,1H3,(H,19,22)(H,20,23). The van der Waals surface area contributed by atoms with E-state index in [9.17, 15) is 9.59 Å². The van der Waals surface area contributed by atoms with E-state index in [1.807, 2.05) is 6.07 Å². The monoisotopic (exact) mass is 367 g/mol. The normalized spacial score (nSPS) is 10.1. The van der Waals surface area contributed by atoms with Gasteiger partial charge >= 0.3 is 6.03 Å². The smallest absolute Gasteiger partial charge is 0.324 e. The van der Waals surface area contributed by atoms with E-state index in [-0.39, 0.29) is 6.54 Å². The molecule has 0 atom stereocenters. The lowest BCUT2D eigenvalue weighted by molar-refractivity contribution is -0.129. The number of carbonyl (C=O) groups excluding carboxylic acids is 2. The van der Waals surface area contributed by atoms with Gasteiger partial charge in [0, 0.05) is 11.4 Å². The highest BCUT2D eigenvalue weighted by Crippen LogP contribution is 2.24. The number of amides is 3. The third-order valence-corrected chi connectivity index (χ3v) is 3.70. The second-order valence-corrected chi connectivity index (χ2v) is 5.51. The fourth-order valence-corrected chi connectivity index (χ4v) is 2.13. The van der Waals surface area contributed by atoms with Crippen LogP contribution in [0.3, 0.4) is 0 Å². The average Bonchev–Trinajstić information content (AvgIpc) is 2.57. The van der Waals surface area contributed by atoms with E-state index >= 15 is 0 Å². The third kappa shape index (κ3) is 5.13. The molecule has 2 N–H and O–H groups in total. The Balaban J connectivity index is 1.94. The van der Waals surface area contributed by atoms with Gasteiger partial charge in [0.1, 0.15) is 6.54 Å². The summed E-state index contributed by atoms with van der Waals surface area (Å²) in [5.74, 6) is -0.446. The Morgan fingerprint density at radius 2 is 1.71 bits per heavy atom. The lowest BCUT2D eigenvalue weighted by Crippen LogP contribution is -2.39. The molecule has 2 aromatic carbocycles. The van der Waals surface area contributed by atoms with E-state index in [0.29, 0.717) is 21.4 Å². The van der Waals surface area contributed by atoms with Crippen molar-refractivity contribution in [3.05, 3.63) is 58.6 Å². The highest BCUT2D eigenvalue weighted by molar-refractivity contribution is 6.42.